The summed E-state index contributed by atoms with van der Waals surface area (Å²) in [6.45, 7) is 3.87. The van der Waals surface area contributed by atoms with E-state index in [2.05, 4.69) is 15.3 Å². The Hall–Kier alpha value is -1.37. The van der Waals surface area contributed by atoms with E-state index < -0.39 is 12.7 Å². The van der Waals surface area contributed by atoms with Gasteiger partial charge in [-0.3, -0.25) is 9.88 Å². The van der Waals surface area contributed by atoms with Crippen molar-refractivity contribution in [2.24, 2.45) is 0 Å². The van der Waals surface area contributed by atoms with Gasteiger partial charge in [0.25, 0.3) is 0 Å². The molecule has 1 heterocycles. The van der Waals surface area contributed by atoms with Crippen LogP contribution in [0.5, 0.6) is 0 Å². The maximum Gasteiger partial charge on any atom is 0.401 e. The van der Waals surface area contributed by atoms with Crippen LogP contribution in [0, 0.1) is 0 Å². The summed E-state index contributed by atoms with van der Waals surface area (Å²) in [5.41, 5.74) is 0.530. The Labute approximate surface area is 104 Å². The van der Waals surface area contributed by atoms with Crippen LogP contribution in [0.2, 0.25) is 0 Å². The third kappa shape index (κ3) is 5.31. The number of anilines is 1. The van der Waals surface area contributed by atoms with Crippen LogP contribution in [-0.2, 0) is 6.54 Å². The van der Waals surface area contributed by atoms with Gasteiger partial charge in [-0.1, -0.05) is 6.92 Å². The van der Waals surface area contributed by atoms with Gasteiger partial charge in [-0.15, -0.1) is 0 Å². The van der Waals surface area contributed by atoms with Crippen molar-refractivity contribution >= 4 is 5.82 Å². The largest absolute Gasteiger partial charge is 0.401 e. The first kappa shape index (κ1) is 14.7. The van der Waals surface area contributed by atoms with E-state index in [0.29, 0.717) is 18.1 Å². The molecule has 4 nitrogen and oxygen atoms in total. The maximum atomic E-state index is 12.3. The molecule has 0 atom stereocenters. The van der Waals surface area contributed by atoms with Crippen LogP contribution < -0.4 is 5.32 Å². The zero-order chi connectivity index (χ0) is 13.6. The van der Waals surface area contributed by atoms with Crippen LogP contribution in [0.25, 0.3) is 0 Å². The molecule has 0 radical (unpaired) electrons. The average molecular weight is 262 g/mol. The standard InChI is InChI=1S/C11H17F3N4/c1-3-15-10-6-16-9(5-17-10)7-18(4-2)8-11(12,13)14/h5-6H,3-4,7-8H2,1-2H3,(H,15,17). The van der Waals surface area contributed by atoms with Crippen LogP contribution in [0.3, 0.4) is 0 Å². The Morgan fingerprint density at radius 2 is 1.94 bits per heavy atom. The van der Waals surface area contributed by atoms with Gasteiger partial charge in [0.05, 0.1) is 24.6 Å². The van der Waals surface area contributed by atoms with E-state index in [0.717, 1.165) is 6.54 Å². The van der Waals surface area contributed by atoms with E-state index in [-0.39, 0.29) is 6.54 Å². The number of hydrogen-bond acceptors (Lipinski definition) is 4. The number of alkyl halides is 3. The van der Waals surface area contributed by atoms with Crippen LogP contribution in [0.15, 0.2) is 12.4 Å². The van der Waals surface area contributed by atoms with Gasteiger partial charge < -0.3 is 5.32 Å². The number of nitrogens with one attached hydrogen (secondary N) is 1. The summed E-state index contributed by atoms with van der Waals surface area (Å²) in [6, 6.07) is 0. The van der Waals surface area contributed by atoms with Crippen LogP contribution in [0.4, 0.5) is 19.0 Å². The van der Waals surface area contributed by atoms with E-state index >= 15 is 0 Å². The molecule has 0 aliphatic rings. The minimum atomic E-state index is -4.19. The summed E-state index contributed by atoms with van der Waals surface area (Å²) in [6.07, 6.45) is -1.16. The van der Waals surface area contributed by atoms with E-state index in [1.54, 1.807) is 6.92 Å². The third-order valence-electron chi connectivity index (χ3n) is 2.30. The zero-order valence-corrected chi connectivity index (χ0v) is 10.5. The monoisotopic (exact) mass is 262 g/mol. The van der Waals surface area contributed by atoms with Crippen molar-refractivity contribution in [3.8, 4) is 0 Å². The lowest BCUT2D eigenvalue weighted by Crippen LogP contribution is -2.33. The first-order chi connectivity index (χ1) is 8.44. The predicted molar refractivity (Wildman–Crippen MR) is 63.2 cm³/mol. The number of rotatable bonds is 6. The van der Waals surface area contributed by atoms with Crippen molar-refractivity contribution in [3.05, 3.63) is 18.1 Å². The van der Waals surface area contributed by atoms with Crippen molar-refractivity contribution in [2.45, 2.75) is 26.6 Å². The lowest BCUT2D eigenvalue weighted by molar-refractivity contribution is -0.146. The lowest BCUT2D eigenvalue weighted by atomic mass is 10.3. The molecule has 102 valence electrons. The van der Waals surface area contributed by atoms with Crippen LogP contribution in [0.1, 0.15) is 19.5 Å². The molecule has 1 N–H and O–H groups in total. The first-order valence-corrected chi connectivity index (χ1v) is 5.78. The molecule has 0 aromatic carbocycles. The highest BCUT2D eigenvalue weighted by atomic mass is 19.4. The number of nitrogens with zero attached hydrogens (tertiary/aromatic N) is 3. The summed E-state index contributed by atoms with van der Waals surface area (Å²) in [4.78, 5) is 9.43. The topological polar surface area (TPSA) is 41.1 Å². The highest BCUT2D eigenvalue weighted by molar-refractivity contribution is 5.30. The van der Waals surface area contributed by atoms with Crippen molar-refractivity contribution in [1.82, 2.24) is 14.9 Å². The molecule has 0 fully saturated rings. The van der Waals surface area contributed by atoms with Gasteiger partial charge in [-0.2, -0.15) is 13.2 Å². The fourth-order valence-electron chi connectivity index (χ4n) is 1.47. The fraction of sp³-hybridized carbons (Fsp3) is 0.636. The molecule has 0 bridgehead atoms. The minimum absolute atomic E-state index is 0.148. The molecule has 0 saturated heterocycles. The molecule has 0 aliphatic carbocycles. The second-order valence-electron chi connectivity index (χ2n) is 3.84. The Balaban J connectivity index is 2.59. The number of hydrogen-bond donors (Lipinski definition) is 1. The van der Waals surface area contributed by atoms with Gasteiger partial charge in [0.15, 0.2) is 0 Å². The first-order valence-electron chi connectivity index (χ1n) is 5.78. The molecule has 7 heteroatoms. The lowest BCUT2D eigenvalue weighted by Gasteiger charge is -2.21. The van der Waals surface area contributed by atoms with E-state index in [9.17, 15) is 13.2 Å². The SMILES string of the molecule is CCNc1cnc(CN(CC)CC(F)(F)F)cn1. The Kier molecular flexibility index (Phi) is 5.33. The molecular weight excluding hydrogens is 245 g/mol. The summed E-state index contributed by atoms with van der Waals surface area (Å²) in [7, 11) is 0. The van der Waals surface area contributed by atoms with Crippen molar-refractivity contribution in [3.63, 3.8) is 0 Å². The van der Waals surface area contributed by atoms with E-state index in [1.165, 1.54) is 17.3 Å². The van der Waals surface area contributed by atoms with E-state index in [1.807, 2.05) is 6.92 Å². The minimum Gasteiger partial charge on any atom is -0.369 e. The summed E-state index contributed by atoms with van der Waals surface area (Å²) < 4.78 is 36.8. The second-order valence-corrected chi connectivity index (χ2v) is 3.84. The van der Waals surface area contributed by atoms with E-state index in [4.69, 9.17) is 0 Å². The Morgan fingerprint density at radius 1 is 1.22 bits per heavy atom. The highest BCUT2D eigenvalue weighted by Crippen LogP contribution is 2.17. The van der Waals surface area contributed by atoms with Gasteiger partial charge in [0, 0.05) is 13.1 Å². The average Bonchev–Trinajstić information content (AvgIpc) is 2.29. The number of halogens is 3. The molecule has 18 heavy (non-hydrogen) atoms. The molecule has 0 saturated carbocycles. The quantitative estimate of drug-likeness (QED) is 0.854. The number of aromatic nitrogens is 2. The second kappa shape index (κ2) is 6.53. The Bertz CT molecular complexity index is 350. The molecule has 0 spiro atoms. The molecule has 0 aliphatic heterocycles. The highest BCUT2D eigenvalue weighted by Gasteiger charge is 2.30. The molecule has 1 aromatic rings. The van der Waals surface area contributed by atoms with Gasteiger partial charge >= 0.3 is 6.18 Å². The van der Waals surface area contributed by atoms with Gasteiger partial charge in [0.2, 0.25) is 0 Å². The van der Waals surface area contributed by atoms with Crippen LogP contribution in [-0.4, -0.2) is 40.7 Å². The third-order valence-corrected chi connectivity index (χ3v) is 2.30. The molecule has 1 rings (SSSR count). The maximum absolute atomic E-state index is 12.3. The smallest absolute Gasteiger partial charge is 0.369 e. The molecule has 0 amide bonds. The summed E-state index contributed by atoms with van der Waals surface area (Å²) >= 11 is 0. The fourth-order valence-corrected chi connectivity index (χ4v) is 1.47. The van der Waals surface area contributed by atoms with Gasteiger partial charge in [0.1, 0.15) is 5.82 Å². The summed E-state index contributed by atoms with van der Waals surface area (Å²) in [5.74, 6) is 0.625. The van der Waals surface area contributed by atoms with Gasteiger partial charge in [-0.25, -0.2) is 4.98 Å². The summed E-state index contributed by atoms with van der Waals surface area (Å²) in [5, 5.41) is 2.97. The molecular formula is C11H17F3N4. The van der Waals surface area contributed by atoms with Crippen molar-refractivity contribution < 1.29 is 13.2 Å². The zero-order valence-electron chi connectivity index (χ0n) is 10.5. The Morgan fingerprint density at radius 3 is 2.39 bits per heavy atom. The predicted octanol–water partition coefficient (Wildman–Crippen LogP) is 2.29. The van der Waals surface area contributed by atoms with Crippen LogP contribution >= 0.6 is 0 Å². The van der Waals surface area contributed by atoms with Crippen molar-refractivity contribution in [1.29, 1.82) is 0 Å². The van der Waals surface area contributed by atoms with Gasteiger partial charge in [-0.05, 0) is 13.5 Å². The molecule has 1 aromatic heterocycles. The normalized spacial score (nSPS) is 11.9. The molecule has 0 unspecified atom stereocenters. The van der Waals surface area contributed by atoms with Crippen molar-refractivity contribution in [2.75, 3.05) is 25.0 Å².